The fourth-order valence-corrected chi connectivity index (χ4v) is 4.82. The van der Waals surface area contributed by atoms with E-state index in [4.69, 9.17) is 9.47 Å². The molecule has 1 aromatic heterocycles. The second kappa shape index (κ2) is 9.91. The molecule has 0 saturated heterocycles. The van der Waals surface area contributed by atoms with E-state index in [1.807, 2.05) is 46.7 Å². The van der Waals surface area contributed by atoms with Gasteiger partial charge in [0.15, 0.2) is 5.17 Å². The maximum Gasteiger partial charge on any atom is 0.338 e. The third-order valence-electron chi connectivity index (χ3n) is 5.39. The maximum absolute atomic E-state index is 12.8. The summed E-state index contributed by atoms with van der Waals surface area (Å²) in [5.74, 6) is 0.0235. The summed E-state index contributed by atoms with van der Waals surface area (Å²) in [6, 6.07) is 10.7. The van der Waals surface area contributed by atoms with Crippen molar-refractivity contribution >= 4 is 28.8 Å². The first-order valence-electron chi connectivity index (χ1n) is 10.3. The Morgan fingerprint density at radius 1 is 1.18 bits per heavy atom. The lowest BCUT2D eigenvalue weighted by Crippen LogP contribution is -2.38. The van der Waals surface area contributed by atoms with Crippen LogP contribution in [0.3, 0.4) is 0 Å². The molecule has 170 valence electrons. The monoisotopic (exact) mass is 464 g/mol. The molecular weight excluding hydrogens is 440 g/mol. The van der Waals surface area contributed by atoms with Crippen molar-refractivity contribution in [2.75, 3.05) is 14.2 Å². The number of amides is 1. The normalized spacial score (nSPS) is 17.2. The Labute approximate surface area is 196 Å². The van der Waals surface area contributed by atoms with Gasteiger partial charge in [0.1, 0.15) is 5.75 Å². The number of benzene rings is 1. The quantitative estimate of drug-likeness (QED) is 0.627. The number of hydrogen-bond acceptors (Lipinski definition) is 8. The minimum atomic E-state index is -0.534. The van der Waals surface area contributed by atoms with Crippen LogP contribution in [0.15, 0.2) is 76.2 Å². The largest absolute Gasteiger partial charge is 0.496 e. The fourth-order valence-electron chi connectivity index (χ4n) is 3.86. The van der Waals surface area contributed by atoms with Gasteiger partial charge in [0, 0.05) is 30.2 Å². The van der Waals surface area contributed by atoms with Crippen molar-refractivity contribution in [3.05, 3.63) is 82.3 Å². The van der Waals surface area contributed by atoms with E-state index in [0.29, 0.717) is 28.7 Å². The minimum Gasteiger partial charge on any atom is -0.496 e. The molecule has 8 nitrogen and oxygen atoms in total. The number of pyridine rings is 1. The lowest BCUT2D eigenvalue weighted by Gasteiger charge is -2.36. The first-order chi connectivity index (χ1) is 16.0. The van der Waals surface area contributed by atoms with Crippen LogP contribution < -0.4 is 10.1 Å². The molecule has 0 aliphatic carbocycles. The number of aliphatic imine (C=N–C) groups is 1. The summed E-state index contributed by atoms with van der Waals surface area (Å²) < 4.78 is 10.7. The molecule has 0 unspecified atom stereocenters. The Hall–Kier alpha value is -3.59. The van der Waals surface area contributed by atoms with Gasteiger partial charge in [-0.25, -0.2) is 9.79 Å². The predicted octanol–water partition coefficient (Wildman–Crippen LogP) is 3.54. The van der Waals surface area contributed by atoms with E-state index in [1.165, 1.54) is 18.9 Å². The zero-order valence-corrected chi connectivity index (χ0v) is 19.4. The van der Waals surface area contributed by atoms with E-state index in [1.54, 1.807) is 26.4 Å². The molecule has 0 saturated carbocycles. The number of rotatable bonds is 7. The molecule has 1 atom stereocenters. The highest BCUT2D eigenvalue weighted by Gasteiger charge is 2.42. The molecule has 4 rings (SSSR count). The molecule has 1 amide bonds. The van der Waals surface area contributed by atoms with Crippen LogP contribution in [0.2, 0.25) is 0 Å². The van der Waals surface area contributed by atoms with Crippen LogP contribution in [0.4, 0.5) is 0 Å². The maximum atomic E-state index is 12.8. The zero-order valence-electron chi connectivity index (χ0n) is 18.6. The number of thioether (sulfide) groups is 1. The summed E-state index contributed by atoms with van der Waals surface area (Å²) in [7, 11) is 2.94. The Bertz CT molecular complexity index is 1160. The summed E-state index contributed by atoms with van der Waals surface area (Å²) in [4.78, 5) is 36.2. The van der Waals surface area contributed by atoms with Crippen LogP contribution in [-0.4, -0.2) is 41.1 Å². The topological polar surface area (TPSA) is 93.1 Å². The Kier molecular flexibility index (Phi) is 6.79. The molecule has 3 heterocycles. The lowest BCUT2D eigenvalue weighted by atomic mass is 9.93. The van der Waals surface area contributed by atoms with Crippen LogP contribution >= 0.6 is 11.8 Å². The number of amidine groups is 1. The number of carbonyl (C=O) groups is 2. The SMILES string of the molecule is COC(=O)C1=C(C)N=C2SC=C(CC(=O)NCc3cccnc3)N2[C@@H]1c1ccccc1OC. The van der Waals surface area contributed by atoms with Gasteiger partial charge >= 0.3 is 5.97 Å². The molecule has 2 aliphatic heterocycles. The number of para-hydroxylation sites is 1. The highest BCUT2D eigenvalue weighted by molar-refractivity contribution is 8.16. The van der Waals surface area contributed by atoms with Crippen LogP contribution in [0.1, 0.15) is 30.5 Å². The number of esters is 1. The van der Waals surface area contributed by atoms with Crippen LogP contribution in [0.5, 0.6) is 5.75 Å². The second-order valence-electron chi connectivity index (χ2n) is 7.44. The molecular formula is C24H24N4O4S. The molecule has 2 aliphatic rings. The third-order valence-corrected chi connectivity index (χ3v) is 6.28. The average Bonchev–Trinajstić information content (AvgIpc) is 3.23. The molecule has 0 bridgehead atoms. The lowest BCUT2D eigenvalue weighted by molar-refractivity contribution is -0.136. The van der Waals surface area contributed by atoms with E-state index in [0.717, 1.165) is 16.8 Å². The second-order valence-corrected chi connectivity index (χ2v) is 8.28. The van der Waals surface area contributed by atoms with E-state index < -0.39 is 12.0 Å². The van der Waals surface area contributed by atoms with Gasteiger partial charge < -0.3 is 19.7 Å². The molecule has 33 heavy (non-hydrogen) atoms. The number of ether oxygens (including phenoxy) is 2. The van der Waals surface area contributed by atoms with Crippen molar-refractivity contribution in [2.45, 2.75) is 25.9 Å². The van der Waals surface area contributed by atoms with Crippen LogP contribution in [0.25, 0.3) is 0 Å². The molecule has 9 heteroatoms. The van der Waals surface area contributed by atoms with Crippen molar-refractivity contribution in [3.8, 4) is 5.75 Å². The van der Waals surface area contributed by atoms with Gasteiger partial charge in [0.05, 0.1) is 38.0 Å². The predicted molar refractivity (Wildman–Crippen MR) is 126 cm³/mol. The first-order valence-corrected chi connectivity index (χ1v) is 11.2. The molecule has 1 N–H and O–H groups in total. The molecule has 2 aromatic rings. The highest BCUT2D eigenvalue weighted by Crippen LogP contribution is 2.46. The number of carbonyl (C=O) groups excluding carboxylic acids is 2. The summed E-state index contributed by atoms with van der Waals surface area (Å²) in [6.07, 6.45) is 3.54. The molecule has 1 aromatic carbocycles. The molecule has 0 spiro atoms. The Balaban J connectivity index is 1.64. The van der Waals surface area contributed by atoms with Gasteiger partial charge in [-0.2, -0.15) is 0 Å². The summed E-state index contributed by atoms with van der Waals surface area (Å²) in [5.41, 5.74) is 3.44. The van der Waals surface area contributed by atoms with E-state index in [2.05, 4.69) is 15.3 Å². The van der Waals surface area contributed by atoms with Gasteiger partial charge in [0.2, 0.25) is 5.91 Å². The third kappa shape index (κ3) is 4.63. The average molecular weight is 465 g/mol. The Morgan fingerprint density at radius 2 is 2.00 bits per heavy atom. The van der Waals surface area contributed by atoms with Crippen molar-refractivity contribution in [2.24, 2.45) is 4.99 Å². The Morgan fingerprint density at radius 3 is 2.73 bits per heavy atom. The van der Waals surface area contributed by atoms with Crippen LogP contribution in [-0.2, 0) is 20.9 Å². The van der Waals surface area contributed by atoms with Crippen molar-refractivity contribution < 1.29 is 19.1 Å². The minimum absolute atomic E-state index is 0.130. The van der Waals surface area contributed by atoms with Gasteiger partial charge in [-0.05, 0) is 30.0 Å². The van der Waals surface area contributed by atoms with E-state index in [9.17, 15) is 9.59 Å². The smallest absolute Gasteiger partial charge is 0.338 e. The van der Waals surface area contributed by atoms with Crippen molar-refractivity contribution in [1.82, 2.24) is 15.2 Å². The number of hydrogen-bond donors (Lipinski definition) is 1. The van der Waals surface area contributed by atoms with Crippen molar-refractivity contribution in [3.63, 3.8) is 0 Å². The molecule has 0 fully saturated rings. The number of methoxy groups -OCH3 is 2. The van der Waals surface area contributed by atoms with Gasteiger partial charge in [-0.15, -0.1) is 0 Å². The first kappa shape index (κ1) is 22.6. The fraction of sp³-hybridized carbons (Fsp3) is 0.250. The van der Waals surface area contributed by atoms with Crippen molar-refractivity contribution in [1.29, 1.82) is 0 Å². The number of allylic oxidation sites excluding steroid dienone is 1. The number of aromatic nitrogens is 1. The summed E-state index contributed by atoms with van der Waals surface area (Å²) >= 11 is 1.42. The summed E-state index contributed by atoms with van der Waals surface area (Å²) in [6.45, 7) is 2.18. The molecule has 0 radical (unpaired) electrons. The number of fused-ring (bicyclic) bond motifs is 1. The number of nitrogens with one attached hydrogen (secondary N) is 1. The van der Waals surface area contributed by atoms with E-state index >= 15 is 0 Å². The zero-order chi connectivity index (χ0) is 23.4. The summed E-state index contributed by atoms with van der Waals surface area (Å²) in [5, 5.41) is 5.53. The number of nitrogens with zero attached hydrogens (tertiary/aromatic N) is 3. The van der Waals surface area contributed by atoms with E-state index in [-0.39, 0.29) is 12.3 Å². The highest BCUT2D eigenvalue weighted by atomic mass is 32.2. The van der Waals surface area contributed by atoms with Gasteiger partial charge in [0.25, 0.3) is 0 Å². The van der Waals surface area contributed by atoms with Crippen LogP contribution in [0, 0.1) is 0 Å². The van der Waals surface area contributed by atoms with Gasteiger partial charge in [-0.3, -0.25) is 9.78 Å². The van der Waals surface area contributed by atoms with Gasteiger partial charge in [-0.1, -0.05) is 36.0 Å². The standard InChI is InChI=1S/C24H24N4O4S/c1-15-21(23(30)32-3)22(18-8-4-5-9-19(18)31-2)28-17(14-33-24(28)27-15)11-20(29)26-13-16-7-6-10-25-12-16/h4-10,12,14,22H,11,13H2,1-3H3,(H,26,29)/t22-/m1/s1.